The molecule has 0 bridgehead atoms. The van der Waals surface area contributed by atoms with Gasteiger partial charge < -0.3 is 14.8 Å². The van der Waals surface area contributed by atoms with Crippen LogP contribution >= 0.6 is 0 Å². The van der Waals surface area contributed by atoms with Crippen LogP contribution in [0.15, 0.2) is 24.3 Å². The van der Waals surface area contributed by atoms with Crippen molar-refractivity contribution in [2.75, 3.05) is 26.3 Å². The zero-order chi connectivity index (χ0) is 13.8. The van der Waals surface area contributed by atoms with E-state index in [1.165, 1.54) is 19.3 Å². The Morgan fingerprint density at radius 2 is 1.58 bits per heavy atom. The van der Waals surface area contributed by atoms with E-state index in [2.05, 4.69) is 12.2 Å². The Hall–Kier alpha value is -1.22. The number of hydrogen-bond acceptors (Lipinski definition) is 3. The van der Waals surface area contributed by atoms with Gasteiger partial charge in [0.2, 0.25) is 0 Å². The first-order valence-electron chi connectivity index (χ1n) is 7.43. The highest BCUT2D eigenvalue weighted by Crippen LogP contribution is 2.26. The molecule has 1 rings (SSSR count). The molecule has 1 aromatic carbocycles. The predicted molar refractivity (Wildman–Crippen MR) is 80.1 cm³/mol. The predicted octanol–water partition coefficient (Wildman–Crippen LogP) is 3.63. The summed E-state index contributed by atoms with van der Waals surface area (Å²) in [5.41, 5.74) is 0. The van der Waals surface area contributed by atoms with Crippen LogP contribution < -0.4 is 14.8 Å². The number of hydrogen-bond donors (Lipinski definition) is 1. The Morgan fingerprint density at radius 3 is 2.26 bits per heavy atom. The Labute approximate surface area is 117 Å². The van der Waals surface area contributed by atoms with Gasteiger partial charge in [-0.15, -0.1) is 0 Å². The molecule has 1 N–H and O–H groups in total. The molecule has 0 spiro atoms. The highest BCUT2D eigenvalue weighted by molar-refractivity contribution is 5.39. The SMILES string of the molecule is CCNCCCCCCOc1ccccc1OCC. The molecule has 0 aliphatic rings. The summed E-state index contributed by atoms with van der Waals surface area (Å²) in [6, 6.07) is 7.87. The van der Waals surface area contributed by atoms with Gasteiger partial charge >= 0.3 is 0 Å². The van der Waals surface area contributed by atoms with Crippen LogP contribution in [-0.4, -0.2) is 26.3 Å². The fourth-order valence-corrected chi connectivity index (χ4v) is 1.91. The molecule has 0 aromatic heterocycles. The van der Waals surface area contributed by atoms with E-state index in [1.54, 1.807) is 0 Å². The van der Waals surface area contributed by atoms with Crippen molar-refractivity contribution in [3.63, 3.8) is 0 Å². The molecule has 1 aromatic rings. The molecule has 0 aliphatic carbocycles. The summed E-state index contributed by atoms with van der Waals surface area (Å²) < 4.78 is 11.3. The van der Waals surface area contributed by atoms with Gasteiger partial charge in [0.25, 0.3) is 0 Å². The van der Waals surface area contributed by atoms with Gasteiger partial charge in [0.05, 0.1) is 13.2 Å². The van der Waals surface area contributed by atoms with Crippen molar-refractivity contribution in [3.8, 4) is 11.5 Å². The Morgan fingerprint density at radius 1 is 0.895 bits per heavy atom. The van der Waals surface area contributed by atoms with Gasteiger partial charge in [0, 0.05) is 0 Å². The van der Waals surface area contributed by atoms with E-state index in [0.29, 0.717) is 6.61 Å². The normalized spacial score (nSPS) is 10.4. The van der Waals surface area contributed by atoms with Crippen molar-refractivity contribution >= 4 is 0 Å². The molecule has 3 heteroatoms. The summed E-state index contributed by atoms with van der Waals surface area (Å²) in [5.74, 6) is 1.70. The van der Waals surface area contributed by atoms with E-state index in [0.717, 1.165) is 37.6 Å². The molecule has 19 heavy (non-hydrogen) atoms. The summed E-state index contributed by atoms with van der Waals surface area (Å²) in [5, 5.41) is 3.34. The van der Waals surface area contributed by atoms with Crippen molar-refractivity contribution in [2.45, 2.75) is 39.5 Å². The first-order valence-corrected chi connectivity index (χ1v) is 7.43. The molecule has 0 fully saturated rings. The Balaban J connectivity index is 2.12. The third-order valence-corrected chi connectivity index (χ3v) is 2.90. The molecule has 0 unspecified atom stereocenters. The summed E-state index contributed by atoms with van der Waals surface area (Å²) >= 11 is 0. The molecule has 0 saturated carbocycles. The number of rotatable bonds is 11. The van der Waals surface area contributed by atoms with Gasteiger partial charge in [-0.05, 0) is 45.0 Å². The lowest BCUT2D eigenvalue weighted by Crippen LogP contribution is -2.13. The third kappa shape index (κ3) is 7.06. The van der Waals surface area contributed by atoms with Crippen molar-refractivity contribution in [1.82, 2.24) is 5.32 Å². The van der Waals surface area contributed by atoms with Crippen LogP contribution in [0.25, 0.3) is 0 Å². The minimum absolute atomic E-state index is 0.671. The van der Waals surface area contributed by atoms with E-state index in [-0.39, 0.29) is 0 Å². The second-order valence-corrected chi connectivity index (χ2v) is 4.50. The average Bonchev–Trinajstić information content (AvgIpc) is 2.44. The van der Waals surface area contributed by atoms with Crippen LogP contribution in [0.4, 0.5) is 0 Å². The van der Waals surface area contributed by atoms with Gasteiger partial charge in [-0.1, -0.05) is 31.9 Å². The topological polar surface area (TPSA) is 30.5 Å². The lowest BCUT2D eigenvalue weighted by molar-refractivity contribution is 0.270. The molecule has 0 amide bonds. The minimum Gasteiger partial charge on any atom is -0.490 e. The summed E-state index contributed by atoms with van der Waals surface area (Å²) in [6.07, 6.45) is 4.85. The van der Waals surface area contributed by atoms with Crippen LogP contribution in [0.3, 0.4) is 0 Å². The van der Waals surface area contributed by atoms with Gasteiger partial charge in [-0.3, -0.25) is 0 Å². The molecular weight excluding hydrogens is 238 g/mol. The smallest absolute Gasteiger partial charge is 0.161 e. The largest absolute Gasteiger partial charge is 0.490 e. The van der Waals surface area contributed by atoms with E-state index in [4.69, 9.17) is 9.47 Å². The lowest BCUT2D eigenvalue weighted by Gasteiger charge is -2.11. The number of benzene rings is 1. The second-order valence-electron chi connectivity index (χ2n) is 4.50. The van der Waals surface area contributed by atoms with E-state index < -0.39 is 0 Å². The fraction of sp³-hybridized carbons (Fsp3) is 0.625. The molecule has 0 atom stereocenters. The van der Waals surface area contributed by atoms with Gasteiger partial charge in [0.15, 0.2) is 11.5 Å². The van der Waals surface area contributed by atoms with E-state index in [1.807, 2.05) is 31.2 Å². The molecular formula is C16H27NO2. The van der Waals surface area contributed by atoms with Crippen LogP contribution in [0.5, 0.6) is 11.5 Å². The summed E-state index contributed by atoms with van der Waals surface area (Å²) in [4.78, 5) is 0. The first-order chi connectivity index (χ1) is 9.38. The van der Waals surface area contributed by atoms with Crippen LogP contribution in [0, 0.1) is 0 Å². The van der Waals surface area contributed by atoms with Crippen molar-refractivity contribution in [1.29, 1.82) is 0 Å². The van der Waals surface area contributed by atoms with Gasteiger partial charge in [-0.2, -0.15) is 0 Å². The average molecular weight is 265 g/mol. The minimum atomic E-state index is 0.671. The second kappa shape index (κ2) is 10.7. The zero-order valence-electron chi connectivity index (χ0n) is 12.3. The summed E-state index contributed by atoms with van der Waals surface area (Å²) in [6.45, 7) is 7.77. The maximum absolute atomic E-state index is 5.78. The van der Waals surface area contributed by atoms with Crippen molar-refractivity contribution < 1.29 is 9.47 Å². The maximum atomic E-state index is 5.78. The molecule has 108 valence electrons. The van der Waals surface area contributed by atoms with Gasteiger partial charge in [0.1, 0.15) is 0 Å². The zero-order valence-corrected chi connectivity index (χ0v) is 12.3. The number of para-hydroxylation sites is 2. The maximum Gasteiger partial charge on any atom is 0.161 e. The van der Waals surface area contributed by atoms with Crippen molar-refractivity contribution in [3.05, 3.63) is 24.3 Å². The number of ether oxygens (including phenoxy) is 2. The monoisotopic (exact) mass is 265 g/mol. The third-order valence-electron chi connectivity index (χ3n) is 2.90. The van der Waals surface area contributed by atoms with E-state index in [9.17, 15) is 0 Å². The van der Waals surface area contributed by atoms with Crippen LogP contribution in [-0.2, 0) is 0 Å². The number of unbranched alkanes of at least 4 members (excludes halogenated alkanes) is 3. The number of nitrogens with one attached hydrogen (secondary N) is 1. The van der Waals surface area contributed by atoms with Crippen molar-refractivity contribution in [2.24, 2.45) is 0 Å². The highest BCUT2D eigenvalue weighted by Gasteiger charge is 2.02. The molecule has 0 radical (unpaired) electrons. The Bertz CT molecular complexity index is 328. The Kier molecular flexibility index (Phi) is 8.90. The lowest BCUT2D eigenvalue weighted by atomic mass is 10.2. The van der Waals surface area contributed by atoms with E-state index >= 15 is 0 Å². The highest BCUT2D eigenvalue weighted by atomic mass is 16.5. The first kappa shape index (κ1) is 15.8. The fourth-order valence-electron chi connectivity index (χ4n) is 1.91. The quantitative estimate of drug-likeness (QED) is 0.620. The molecule has 0 aliphatic heterocycles. The standard InChI is InChI=1S/C16H27NO2/c1-3-17-13-9-5-6-10-14-19-16-12-8-7-11-15(16)18-4-2/h7-8,11-12,17H,3-6,9-10,13-14H2,1-2H3. The van der Waals surface area contributed by atoms with Crippen LogP contribution in [0.2, 0.25) is 0 Å². The van der Waals surface area contributed by atoms with Crippen LogP contribution in [0.1, 0.15) is 39.5 Å². The molecule has 0 heterocycles. The molecule has 3 nitrogen and oxygen atoms in total. The summed E-state index contributed by atoms with van der Waals surface area (Å²) in [7, 11) is 0. The molecule has 0 saturated heterocycles. The van der Waals surface area contributed by atoms with Gasteiger partial charge in [-0.25, -0.2) is 0 Å².